The summed E-state index contributed by atoms with van der Waals surface area (Å²) < 4.78 is 9.71. The lowest BCUT2D eigenvalue weighted by Crippen LogP contribution is -2.15. The molecule has 1 heterocycles. The Bertz CT molecular complexity index is 1040. The lowest BCUT2D eigenvalue weighted by molar-refractivity contribution is -0.113. The summed E-state index contributed by atoms with van der Waals surface area (Å²) in [6.07, 6.45) is 0. The number of hydrogen-bond donors (Lipinski definition) is 1. The smallest absolute Gasteiger partial charge is 0.234 e. The van der Waals surface area contributed by atoms with E-state index in [1.807, 2.05) is 61.7 Å². The first-order chi connectivity index (χ1) is 14.4. The number of nitrogens with one attached hydrogen (secondary N) is 1. The molecular weight excluding hydrogens is 532 g/mol. The Morgan fingerprint density at radius 2 is 1.90 bits per heavy atom. The number of amides is 1. The topological polar surface area (TPSA) is 69.0 Å². The molecule has 0 spiro atoms. The molecule has 0 aliphatic heterocycles. The van der Waals surface area contributed by atoms with Gasteiger partial charge in [-0.15, -0.1) is 10.2 Å². The number of ether oxygens (including phenoxy) is 1. The molecule has 158 valence electrons. The number of anilines is 1. The molecule has 0 aliphatic rings. The fraction of sp³-hybridized carbons (Fsp3) is 0.286. The van der Waals surface area contributed by atoms with Crippen molar-refractivity contribution in [3.05, 3.63) is 62.3 Å². The average molecular weight is 554 g/mol. The molecule has 0 radical (unpaired) electrons. The second-order valence-electron chi connectivity index (χ2n) is 6.61. The first-order valence-electron chi connectivity index (χ1n) is 9.37. The zero-order valence-corrected chi connectivity index (χ0v) is 20.9. The van der Waals surface area contributed by atoms with Crippen LogP contribution in [0.5, 0.6) is 5.75 Å². The lowest BCUT2D eigenvalue weighted by Gasteiger charge is -2.12. The van der Waals surface area contributed by atoms with Crippen LogP contribution in [0.4, 0.5) is 5.69 Å². The second kappa shape index (κ2) is 10.5. The Hall–Kier alpha value is -1.84. The van der Waals surface area contributed by atoms with Gasteiger partial charge in [0.15, 0.2) is 11.0 Å². The van der Waals surface area contributed by atoms with Gasteiger partial charge in [-0.2, -0.15) is 0 Å². The Morgan fingerprint density at radius 1 is 1.17 bits per heavy atom. The number of benzene rings is 2. The molecule has 0 saturated heterocycles. The minimum Gasteiger partial charge on any atom is -0.485 e. The summed E-state index contributed by atoms with van der Waals surface area (Å²) in [5.41, 5.74) is 2.89. The highest BCUT2D eigenvalue weighted by molar-refractivity contribution is 9.11. The van der Waals surface area contributed by atoms with Crippen molar-refractivity contribution in [2.75, 3.05) is 11.1 Å². The van der Waals surface area contributed by atoms with E-state index in [1.165, 1.54) is 11.8 Å². The van der Waals surface area contributed by atoms with Crippen LogP contribution in [0.25, 0.3) is 0 Å². The zero-order valence-electron chi connectivity index (χ0n) is 16.9. The number of carbonyl (C=O) groups excluding carboxylic acids is 1. The Balaban J connectivity index is 1.62. The number of halogens is 2. The number of para-hydroxylation sites is 1. The van der Waals surface area contributed by atoms with Gasteiger partial charge in [-0.1, -0.05) is 45.9 Å². The molecule has 2 aromatic carbocycles. The molecule has 0 saturated carbocycles. The van der Waals surface area contributed by atoms with Gasteiger partial charge in [0, 0.05) is 15.5 Å². The molecule has 0 atom stereocenters. The highest BCUT2D eigenvalue weighted by Gasteiger charge is 2.15. The van der Waals surface area contributed by atoms with Crippen LogP contribution < -0.4 is 10.1 Å². The molecule has 1 aromatic heterocycles. The van der Waals surface area contributed by atoms with Gasteiger partial charge in [-0.25, -0.2) is 0 Å². The summed E-state index contributed by atoms with van der Waals surface area (Å²) >= 11 is 8.21. The molecule has 0 aliphatic carbocycles. The first-order valence-corrected chi connectivity index (χ1v) is 11.9. The van der Waals surface area contributed by atoms with E-state index in [9.17, 15) is 4.79 Å². The summed E-state index contributed by atoms with van der Waals surface area (Å²) in [7, 11) is 0. The van der Waals surface area contributed by atoms with E-state index in [4.69, 9.17) is 4.74 Å². The number of carbonyl (C=O) groups is 1. The third kappa shape index (κ3) is 5.65. The monoisotopic (exact) mass is 552 g/mol. The minimum atomic E-state index is -0.113. The van der Waals surface area contributed by atoms with Gasteiger partial charge in [0.25, 0.3) is 0 Å². The molecule has 30 heavy (non-hydrogen) atoms. The van der Waals surface area contributed by atoms with E-state index < -0.39 is 0 Å². The van der Waals surface area contributed by atoms with Crippen LogP contribution >= 0.6 is 43.6 Å². The summed E-state index contributed by atoms with van der Waals surface area (Å²) in [5, 5.41) is 12.1. The van der Waals surface area contributed by atoms with Crippen molar-refractivity contribution in [3.8, 4) is 5.75 Å². The third-order valence-corrected chi connectivity index (χ3v) is 6.55. The standard InChI is InChI=1S/C21H22Br2N4O2S/c1-4-27-18(11-29-20-13(2)6-5-7-14(20)3)25-26-21(27)30-12-19(28)24-17-10-15(22)8-9-16(17)23/h5-10H,4,11-12H2,1-3H3,(H,24,28). The predicted molar refractivity (Wildman–Crippen MR) is 127 cm³/mol. The van der Waals surface area contributed by atoms with Crippen LogP contribution in [0.1, 0.15) is 23.9 Å². The molecular formula is C21H22Br2N4O2S. The Labute approximate surface area is 197 Å². The maximum absolute atomic E-state index is 12.4. The summed E-state index contributed by atoms with van der Waals surface area (Å²) in [6.45, 7) is 7.09. The zero-order chi connectivity index (χ0) is 21.7. The van der Waals surface area contributed by atoms with Crippen LogP contribution in [0.2, 0.25) is 0 Å². The number of thioether (sulfide) groups is 1. The largest absolute Gasteiger partial charge is 0.485 e. The van der Waals surface area contributed by atoms with Gasteiger partial charge < -0.3 is 14.6 Å². The number of aryl methyl sites for hydroxylation is 2. The SMILES string of the molecule is CCn1c(COc2c(C)cccc2C)nnc1SCC(=O)Nc1cc(Br)ccc1Br. The van der Waals surface area contributed by atoms with E-state index in [0.717, 1.165) is 37.3 Å². The predicted octanol–water partition coefficient (Wildman–Crippen LogP) is 5.75. The molecule has 0 fully saturated rings. The van der Waals surface area contributed by atoms with Crippen LogP contribution in [-0.4, -0.2) is 26.4 Å². The molecule has 3 aromatic rings. The second-order valence-corrected chi connectivity index (χ2v) is 9.33. The molecule has 1 N–H and O–H groups in total. The maximum atomic E-state index is 12.4. The van der Waals surface area contributed by atoms with Gasteiger partial charge in [0.2, 0.25) is 5.91 Å². The van der Waals surface area contributed by atoms with Crippen molar-refractivity contribution >= 4 is 55.2 Å². The van der Waals surface area contributed by atoms with Crippen molar-refractivity contribution in [1.82, 2.24) is 14.8 Å². The number of aromatic nitrogens is 3. The number of hydrogen-bond acceptors (Lipinski definition) is 5. The normalized spacial score (nSPS) is 10.8. The molecule has 0 unspecified atom stereocenters. The molecule has 3 rings (SSSR count). The Morgan fingerprint density at radius 3 is 2.60 bits per heavy atom. The molecule has 0 bridgehead atoms. The maximum Gasteiger partial charge on any atom is 0.234 e. The van der Waals surface area contributed by atoms with Gasteiger partial charge in [-0.05, 0) is 66.0 Å². The summed E-state index contributed by atoms with van der Waals surface area (Å²) in [6, 6.07) is 11.7. The van der Waals surface area contributed by atoms with Gasteiger partial charge in [0.05, 0.1) is 11.4 Å². The van der Waals surface area contributed by atoms with Crippen molar-refractivity contribution in [2.45, 2.75) is 39.1 Å². The minimum absolute atomic E-state index is 0.113. The number of rotatable bonds is 8. The fourth-order valence-electron chi connectivity index (χ4n) is 2.92. The van der Waals surface area contributed by atoms with Crippen molar-refractivity contribution in [3.63, 3.8) is 0 Å². The molecule has 6 nitrogen and oxygen atoms in total. The number of nitrogens with zero attached hydrogens (tertiary/aromatic N) is 3. The first kappa shape index (κ1) is 22.8. The van der Waals surface area contributed by atoms with Gasteiger partial charge in [-0.3, -0.25) is 4.79 Å². The third-order valence-electron chi connectivity index (χ3n) is 4.40. The highest BCUT2D eigenvalue weighted by atomic mass is 79.9. The van der Waals surface area contributed by atoms with Crippen molar-refractivity contribution in [2.24, 2.45) is 0 Å². The van der Waals surface area contributed by atoms with Crippen LogP contribution in [0.15, 0.2) is 50.5 Å². The lowest BCUT2D eigenvalue weighted by atomic mass is 10.1. The quantitative estimate of drug-likeness (QED) is 0.360. The fourth-order valence-corrected chi connectivity index (χ4v) is 4.45. The van der Waals surface area contributed by atoms with E-state index in [-0.39, 0.29) is 11.7 Å². The van der Waals surface area contributed by atoms with E-state index in [0.29, 0.717) is 18.3 Å². The van der Waals surface area contributed by atoms with Crippen LogP contribution in [0, 0.1) is 13.8 Å². The summed E-state index contributed by atoms with van der Waals surface area (Å²) in [5.74, 6) is 1.72. The Kier molecular flexibility index (Phi) is 7.96. The van der Waals surface area contributed by atoms with Crippen LogP contribution in [-0.2, 0) is 17.9 Å². The van der Waals surface area contributed by atoms with E-state index >= 15 is 0 Å². The highest BCUT2D eigenvalue weighted by Crippen LogP contribution is 2.27. The molecule has 1 amide bonds. The van der Waals surface area contributed by atoms with E-state index in [2.05, 4.69) is 47.4 Å². The van der Waals surface area contributed by atoms with Crippen molar-refractivity contribution < 1.29 is 9.53 Å². The van der Waals surface area contributed by atoms with E-state index in [1.54, 1.807) is 0 Å². The van der Waals surface area contributed by atoms with Gasteiger partial charge >= 0.3 is 0 Å². The van der Waals surface area contributed by atoms with Gasteiger partial charge in [0.1, 0.15) is 12.4 Å². The molecule has 9 heteroatoms. The average Bonchev–Trinajstić information content (AvgIpc) is 3.10. The van der Waals surface area contributed by atoms with Crippen molar-refractivity contribution in [1.29, 1.82) is 0 Å². The van der Waals surface area contributed by atoms with Crippen LogP contribution in [0.3, 0.4) is 0 Å². The summed E-state index contributed by atoms with van der Waals surface area (Å²) in [4.78, 5) is 12.4.